The highest BCUT2D eigenvalue weighted by Crippen LogP contribution is 2.37. The number of hydrogen-bond acceptors (Lipinski definition) is 3. The molecule has 0 unspecified atom stereocenters. The molecule has 2 N–H and O–H groups in total. The fraction of sp³-hybridized carbons (Fsp3) is 0.381. The Hall–Kier alpha value is -2.33. The summed E-state index contributed by atoms with van der Waals surface area (Å²) in [5, 5.41) is 0. The van der Waals surface area contributed by atoms with Gasteiger partial charge in [-0.05, 0) is 37.5 Å². The van der Waals surface area contributed by atoms with Gasteiger partial charge in [-0.3, -0.25) is 4.40 Å². The van der Waals surface area contributed by atoms with Crippen LogP contribution in [0.15, 0.2) is 48.7 Å². The summed E-state index contributed by atoms with van der Waals surface area (Å²) >= 11 is 0. The normalized spacial score (nSPS) is 16.9. The fourth-order valence-corrected chi connectivity index (χ4v) is 4.02. The Balaban J connectivity index is 1.69. The first-order chi connectivity index (χ1) is 12.2. The van der Waals surface area contributed by atoms with Crippen LogP contribution in [0.4, 0.5) is 0 Å². The standard InChI is InChI=1S/C21H25N3O/c1-16-19(21(22)12-6-3-7-13-21)24-14-8-11-18(20(24)23-16)25-15-17-9-4-2-5-10-17/h2,4-5,8-11,14H,3,6-7,12-13,15,22H2,1H3. The lowest BCUT2D eigenvalue weighted by atomic mass is 9.79. The highest BCUT2D eigenvalue weighted by Gasteiger charge is 2.34. The smallest absolute Gasteiger partial charge is 0.180 e. The van der Waals surface area contributed by atoms with E-state index >= 15 is 0 Å². The molecule has 0 saturated heterocycles. The number of ether oxygens (including phenoxy) is 1. The average molecular weight is 335 g/mol. The van der Waals surface area contributed by atoms with Crippen molar-refractivity contribution in [2.45, 2.75) is 51.2 Å². The molecule has 3 aromatic rings. The van der Waals surface area contributed by atoms with Crippen LogP contribution in [0.1, 0.15) is 49.1 Å². The molecule has 1 aromatic carbocycles. The number of benzene rings is 1. The van der Waals surface area contributed by atoms with Crippen LogP contribution in [-0.2, 0) is 12.1 Å². The second-order valence-corrected chi connectivity index (χ2v) is 7.10. The molecule has 1 aliphatic carbocycles. The number of hydrogen-bond donors (Lipinski definition) is 1. The summed E-state index contributed by atoms with van der Waals surface area (Å²) in [6.07, 6.45) is 7.76. The highest BCUT2D eigenvalue weighted by atomic mass is 16.5. The lowest BCUT2D eigenvalue weighted by molar-refractivity contribution is 0.291. The van der Waals surface area contributed by atoms with Crippen LogP contribution in [0, 0.1) is 6.92 Å². The van der Waals surface area contributed by atoms with Gasteiger partial charge in [-0.2, -0.15) is 0 Å². The Kier molecular flexibility index (Phi) is 4.22. The van der Waals surface area contributed by atoms with Crippen LogP contribution >= 0.6 is 0 Å². The molecule has 2 aromatic heterocycles. The maximum atomic E-state index is 6.81. The Morgan fingerprint density at radius 1 is 1.08 bits per heavy atom. The highest BCUT2D eigenvalue weighted by molar-refractivity contribution is 5.57. The van der Waals surface area contributed by atoms with Crippen LogP contribution in [0.25, 0.3) is 5.65 Å². The van der Waals surface area contributed by atoms with E-state index in [1.165, 1.54) is 19.3 Å². The molecule has 4 nitrogen and oxygen atoms in total. The van der Waals surface area contributed by atoms with Crippen LogP contribution in [0.2, 0.25) is 0 Å². The van der Waals surface area contributed by atoms with Gasteiger partial charge in [-0.25, -0.2) is 4.98 Å². The van der Waals surface area contributed by atoms with Crippen molar-refractivity contribution in [3.05, 3.63) is 65.6 Å². The maximum Gasteiger partial charge on any atom is 0.180 e. The predicted molar refractivity (Wildman–Crippen MR) is 99.7 cm³/mol. The van der Waals surface area contributed by atoms with Gasteiger partial charge in [0.15, 0.2) is 11.4 Å². The molecule has 1 fully saturated rings. The summed E-state index contributed by atoms with van der Waals surface area (Å²) < 4.78 is 8.21. The molecule has 1 aliphatic rings. The minimum Gasteiger partial charge on any atom is -0.485 e. The molecule has 1 saturated carbocycles. The van der Waals surface area contributed by atoms with Gasteiger partial charge >= 0.3 is 0 Å². The second-order valence-electron chi connectivity index (χ2n) is 7.10. The fourth-order valence-electron chi connectivity index (χ4n) is 4.02. The van der Waals surface area contributed by atoms with E-state index in [1.54, 1.807) is 0 Å². The summed E-state index contributed by atoms with van der Waals surface area (Å²) in [7, 11) is 0. The molecule has 4 heteroatoms. The molecule has 0 radical (unpaired) electrons. The Morgan fingerprint density at radius 3 is 2.60 bits per heavy atom. The average Bonchev–Trinajstić information content (AvgIpc) is 2.98. The van der Waals surface area contributed by atoms with Crippen LogP contribution in [0.3, 0.4) is 0 Å². The first-order valence-corrected chi connectivity index (χ1v) is 9.11. The summed E-state index contributed by atoms with van der Waals surface area (Å²) in [5.74, 6) is 0.806. The number of imidazole rings is 1. The molecule has 0 aliphatic heterocycles. The third-order valence-electron chi connectivity index (χ3n) is 5.24. The van der Waals surface area contributed by atoms with Crippen molar-refractivity contribution in [3.63, 3.8) is 0 Å². The first kappa shape index (κ1) is 16.2. The molecule has 2 heterocycles. The largest absolute Gasteiger partial charge is 0.485 e. The van der Waals surface area contributed by atoms with Crippen molar-refractivity contribution in [1.29, 1.82) is 0 Å². The Labute approximate surface area is 148 Å². The molecule has 130 valence electrons. The van der Waals surface area contributed by atoms with E-state index in [-0.39, 0.29) is 5.54 Å². The minimum absolute atomic E-state index is 0.278. The summed E-state index contributed by atoms with van der Waals surface area (Å²) in [6.45, 7) is 2.60. The first-order valence-electron chi connectivity index (χ1n) is 9.11. The molecule has 0 amide bonds. The maximum absolute atomic E-state index is 6.81. The van der Waals surface area contributed by atoms with Crippen molar-refractivity contribution < 1.29 is 4.74 Å². The van der Waals surface area contributed by atoms with Crippen molar-refractivity contribution in [3.8, 4) is 5.75 Å². The van der Waals surface area contributed by atoms with Crippen molar-refractivity contribution in [1.82, 2.24) is 9.38 Å². The van der Waals surface area contributed by atoms with E-state index in [2.05, 4.69) is 29.7 Å². The molecular weight excluding hydrogens is 310 g/mol. The van der Waals surface area contributed by atoms with Gasteiger partial charge in [0.2, 0.25) is 0 Å². The zero-order chi connectivity index (χ0) is 17.3. The topological polar surface area (TPSA) is 52.5 Å². The van der Waals surface area contributed by atoms with Gasteiger partial charge in [-0.15, -0.1) is 0 Å². The number of aryl methyl sites for hydroxylation is 1. The number of pyridine rings is 1. The molecule has 0 atom stereocenters. The van der Waals surface area contributed by atoms with Gasteiger partial charge in [0.1, 0.15) is 6.61 Å². The van der Waals surface area contributed by atoms with Crippen molar-refractivity contribution in [2.24, 2.45) is 5.73 Å². The van der Waals surface area contributed by atoms with E-state index in [1.807, 2.05) is 30.3 Å². The van der Waals surface area contributed by atoms with Crippen LogP contribution < -0.4 is 10.5 Å². The monoisotopic (exact) mass is 335 g/mol. The summed E-state index contributed by atoms with van der Waals surface area (Å²) in [6, 6.07) is 14.2. The Bertz CT molecular complexity index is 863. The third-order valence-corrected chi connectivity index (χ3v) is 5.24. The molecule has 25 heavy (non-hydrogen) atoms. The van der Waals surface area contributed by atoms with Crippen molar-refractivity contribution >= 4 is 5.65 Å². The van der Waals surface area contributed by atoms with Gasteiger partial charge in [0, 0.05) is 6.20 Å². The van der Waals surface area contributed by atoms with E-state index in [9.17, 15) is 0 Å². The van der Waals surface area contributed by atoms with E-state index in [0.717, 1.165) is 41.2 Å². The van der Waals surface area contributed by atoms with Crippen LogP contribution in [-0.4, -0.2) is 9.38 Å². The summed E-state index contributed by atoms with van der Waals surface area (Å²) in [4.78, 5) is 4.80. The predicted octanol–water partition coefficient (Wildman–Crippen LogP) is 4.34. The number of aromatic nitrogens is 2. The van der Waals surface area contributed by atoms with Gasteiger partial charge in [0.05, 0.1) is 16.9 Å². The number of nitrogens with two attached hydrogens (primary N) is 1. The number of rotatable bonds is 4. The van der Waals surface area contributed by atoms with Crippen LogP contribution in [0.5, 0.6) is 5.75 Å². The number of fused-ring (bicyclic) bond motifs is 1. The van der Waals surface area contributed by atoms with Crippen molar-refractivity contribution in [2.75, 3.05) is 0 Å². The minimum atomic E-state index is -0.278. The quantitative estimate of drug-likeness (QED) is 0.771. The lowest BCUT2D eigenvalue weighted by Crippen LogP contribution is -2.40. The van der Waals surface area contributed by atoms with E-state index in [4.69, 9.17) is 15.5 Å². The third kappa shape index (κ3) is 3.02. The summed E-state index contributed by atoms with van der Waals surface area (Å²) in [5.41, 5.74) is 10.7. The zero-order valence-electron chi connectivity index (χ0n) is 14.7. The molecule has 0 bridgehead atoms. The molecule has 4 rings (SSSR count). The van der Waals surface area contributed by atoms with E-state index < -0.39 is 0 Å². The van der Waals surface area contributed by atoms with Gasteiger partial charge < -0.3 is 10.5 Å². The number of nitrogens with zero attached hydrogens (tertiary/aromatic N) is 2. The Morgan fingerprint density at radius 2 is 1.84 bits per heavy atom. The van der Waals surface area contributed by atoms with Gasteiger partial charge in [0.25, 0.3) is 0 Å². The SMILES string of the molecule is Cc1nc2c(OCc3ccccc3)cccn2c1C1(N)CCCCC1. The molecular formula is C21H25N3O. The molecule has 0 spiro atoms. The lowest BCUT2D eigenvalue weighted by Gasteiger charge is -2.33. The zero-order valence-corrected chi connectivity index (χ0v) is 14.7. The van der Waals surface area contributed by atoms with Gasteiger partial charge in [-0.1, -0.05) is 49.6 Å². The second kappa shape index (κ2) is 6.52. The van der Waals surface area contributed by atoms with E-state index in [0.29, 0.717) is 6.61 Å².